The summed E-state index contributed by atoms with van der Waals surface area (Å²) in [6, 6.07) is 6.39. The molecule has 2 nitrogen and oxygen atoms in total. The highest BCUT2D eigenvalue weighted by atomic mass is 79.9. The monoisotopic (exact) mass is 254 g/mol. The number of rotatable bonds is 1. The first-order valence-corrected chi connectivity index (χ1v) is 4.94. The van der Waals surface area contributed by atoms with E-state index in [2.05, 4.69) is 21.0 Å². The van der Waals surface area contributed by atoms with Gasteiger partial charge in [0.15, 0.2) is 0 Å². The van der Waals surface area contributed by atoms with Gasteiger partial charge in [0.05, 0.1) is 11.4 Å². The zero-order chi connectivity index (χ0) is 10.1. The molecule has 0 amide bonds. The summed E-state index contributed by atoms with van der Waals surface area (Å²) >= 11 is 3.35. The minimum absolute atomic E-state index is 0.267. The smallest absolute Gasteiger partial charge is 0.125 e. The van der Waals surface area contributed by atoms with Crippen LogP contribution in [-0.4, -0.2) is 9.78 Å². The lowest BCUT2D eigenvalue weighted by Gasteiger charge is -2.03. The van der Waals surface area contributed by atoms with Crippen LogP contribution in [0.3, 0.4) is 0 Å². The minimum Gasteiger partial charge on any atom is -0.239 e. The van der Waals surface area contributed by atoms with Crippen LogP contribution >= 0.6 is 15.9 Å². The predicted octanol–water partition coefficient (Wildman–Crippen LogP) is 3.08. The fraction of sp³-hybridized carbons (Fsp3) is 0.100. The number of nitrogens with zero attached hydrogens (tertiary/aromatic N) is 2. The molecule has 0 bridgehead atoms. The number of aromatic nitrogens is 2. The van der Waals surface area contributed by atoms with Crippen LogP contribution in [0.15, 0.2) is 34.9 Å². The first-order valence-electron chi connectivity index (χ1n) is 4.14. The molecule has 0 fully saturated rings. The summed E-state index contributed by atoms with van der Waals surface area (Å²) in [6.45, 7) is 1.89. The van der Waals surface area contributed by atoms with Gasteiger partial charge in [0.1, 0.15) is 5.82 Å². The molecule has 0 spiro atoms. The summed E-state index contributed by atoms with van der Waals surface area (Å²) in [6.07, 6.45) is 1.80. The summed E-state index contributed by atoms with van der Waals surface area (Å²) in [5.41, 5.74) is 1.61. The molecule has 2 aromatic rings. The zero-order valence-electron chi connectivity index (χ0n) is 7.54. The van der Waals surface area contributed by atoms with Crippen molar-refractivity contribution >= 4 is 15.9 Å². The van der Waals surface area contributed by atoms with Gasteiger partial charge in [-0.3, -0.25) is 0 Å². The highest BCUT2D eigenvalue weighted by molar-refractivity contribution is 9.10. The van der Waals surface area contributed by atoms with E-state index < -0.39 is 0 Å². The van der Waals surface area contributed by atoms with E-state index in [0.717, 1.165) is 10.2 Å². The lowest BCUT2D eigenvalue weighted by atomic mass is 10.3. The highest BCUT2D eigenvalue weighted by Crippen LogP contribution is 2.21. The van der Waals surface area contributed by atoms with Crippen molar-refractivity contribution < 1.29 is 4.39 Å². The van der Waals surface area contributed by atoms with Crippen LogP contribution in [-0.2, 0) is 0 Å². The molecule has 14 heavy (non-hydrogen) atoms. The molecule has 0 atom stereocenters. The molecule has 0 aliphatic rings. The largest absolute Gasteiger partial charge is 0.239 e. The topological polar surface area (TPSA) is 17.8 Å². The van der Waals surface area contributed by atoms with Gasteiger partial charge >= 0.3 is 0 Å². The summed E-state index contributed by atoms with van der Waals surface area (Å²) in [7, 11) is 0. The van der Waals surface area contributed by atoms with Crippen molar-refractivity contribution in [2.75, 3.05) is 0 Å². The van der Waals surface area contributed by atoms with Gasteiger partial charge in [-0.15, -0.1) is 0 Å². The predicted molar refractivity (Wildman–Crippen MR) is 56.0 cm³/mol. The van der Waals surface area contributed by atoms with E-state index in [1.807, 2.05) is 13.0 Å². The maximum Gasteiger partial charge on any atom is 0.125 e. The molecule has 1 aromatic heterocycles. The molecule has 0 aliphatic carbocycles. The molecule has 72 valence electrons. The SMILES string of the molecule is Cc1ccn(-c2cc(F)ccc2Br)n1. The van der Waals surface area contributed by atoms with Crippen molar-refractivity contribution in [2.24, 2.45) is 0 Å². The molecule has 0 N–H and O–H groups in total. The van der Waals surface area contributed by atoms with Gasteiger partial charge in [-0.1, -0.05) is 0 Å². The number of aryl methyl sites for hydroxylation is 1. The Balaban J connectivity index is 2.55. The molecule has 0 saturated heterocycles. The van der Waals surface area contributed by atoms with E-state index in [-0.39, 0.29) is 5.82 Å². The van der Waals surface area contributed by atoms with E-state index in [1.54, 1.807) is 16.9 Å². The van der Waals surface area contributed by atoms with Crippen LogP contribution in [0, 0.1) is 12.7 Å². The van der Waals surface area contributed by atoms with Crippen molar-refractivity contribution in [1.82, 2.24) is 9.78 Å². The zero-order valence-corrected chi connectivity index (χ0v) is 9.12. The molecule has 1 aromatic carbocycles. The minimum atomic E-state index is -0.267. The maximum atomic E-state index is 13.0. The molecule has 1 heterocycles. The fourth-order valence-corrected chi connectivity index (χ4v) is 1.64. The Morgan fingerprint density at radius 3 is 2.79 bits per heavy atom. The molecular weight excluding hydrogens is 247 g/mol. The van der Waals surface area contributed by atoms with Gasteiger partial charge in [0.25, 0.3) is 0 Å². The van der Waals surface area contributed by atoms with E-state index >= 15 is 0 Å². The first-order chi connectivity index (χ1) is 6.66. The lowest BCUT2D eigenvalue weighted by Crippen LogP contribution is -1.96. The summed E-state index contributed by atoms with van der Waals surface area (Å²) in [5, 5.41) is 4.20. The standard InChI is InChI=1S/C10H8BrFN2/c1-7-4-5-14(13-7)10-6-8(12)2-3-9(10)11/h2-6H,1H3. The Hall–Kier alpha value is -1.16. The number of hydrogen-bond donors (Lipinski definition) is 0. The van der Waals surface area contributed by atoms with E-state index in [0.29, 0.717) is 5.69 Å². The highest BCUT2D eigenvalue weighted by Gasteiger charge is 2.04. The van der Waals surface area contributed by atoms with Crippen molar-refractivity contribution in [1.29, 1.82) is 0 Å². The van der Waals surface area contributed by atoms with Gasteiger partial charge in [-0.25, -0.2) is 9.07 Å². The number of hydrogen-bond acceptors (Lipinski definition) is 1. The van der Waals surface area contributed by atoms with Crippen LogP contribution < -0.4 is 0 Å². The molecule has 0 saturated carbocycles. The van der Waals surface area contributed by atoms with Crippen LogP contribution in [0.5, 0.6) is 0 Å². The fourth-order valence-electron chi connectivity index (χ4n) is 1.21. The quantitative estimate of drug-likeness (QED) is 0.765. The maximum absolute atomic E-state index is 13.0. The molecular formula is C10H8BrFN2. The van der Waals surface area contributed by atoms with Crippen molar-refractivity contribution in [3.63, 3.8) is 0 Å². The third kappa shape index (κ3) is 1.70. The summed E-state index contributed by atoms with van der Waals surface area (Å²) < 4.78 is 15.4. The second-order valence-electron chi connectivity index (χ2n) is 3.00. The molecule has 0 aliphatic heterocycles. The van der Waals surface area contributed by atoms with Gasteiger partial charge in [-0.05, 0) is 41.1 Å². The Labute approximate surface area is 89.5 Å². The van der Waals surface area contributed by atoms with Crippen LogP contribution in [0.2, 0.25) is 0 Å². The van der Waals surface area contributed by atoms with Crippen molar-refractivity contribution in [3.8, 4) is 5.69 Å². The Kier molecular flexibility index (Phi) is 2.37. The summed E-state index contributed by atoms with van der Waals surface area (Å²) in [4.78, 5) is 0. The molecule has 2 rings (SSSR count). The third-order valence-corrected chi connectivity index (χ3v) is 2.55. The lowest BCUT2D eigenvalue weighted by molar-refractivity contribution is 0.625. The molecule has 0 radical (unpaired) electrons. The number of benzene rings is 1. The van der Waals surface area contributed by atoms with Crippen molar-refractivity contribution in [2.45, 2.75) is 6.92 Å². The Morgan fingerprint density at radius 1 is 1.36 bits per heavy atom. The molecule has 4 heteroatoms. The van der Waals surface area contributed by atoms with Gasteiger partial charge < -0.3 is 0 Å². The Morgan fingerprint density at radius 2 is 2.14 bits per heavy atom. The van der Waals surface area contributed by atoms with Gasteiger partial charge in [0, 0.05) is 16.7 Å². The Bertz CT molecular complexity index is 465. The normalized spacial score (nSPS) is 10.5. The third-order valence-electron chi connectivity index (χ3n) is 1.88. The number of halogens is 2. The molecule has 0 unspecified atom stereocenters. The van der Waals surface area contributed by atoms with Gasteiger partial charge in [0.2, 0.25) is 0 Å². The van der Waals surface area contributed by atoms with E-state index in [1.165, 1.54) is 12.1 Å². The second kappa shape index (κ2) is 3.53. The van der Waals surface area contributed by atoms with Crippen LogP contribution in [0.4, 0.5) is 4.39 Å². The summed E-state index contributed by atoms with van der Waals surface area (Å²) in [5.74, 6) is -0.267. The average Bonchev–Trinajstić information content (AvgIpc) is 2.56. The van der Waals surface area contributed by atoms with Crippen molar-refractivity contribution in [3.05, 3.63) is 46.4 Å². The second-order valence-corrected chi connectivity index (χ2v) is 3.85. The van der Waals surface area contributed by atoms with E-state index in [9.17, 15) is 4.39 Å². The van der Waals surface area contributed by atoms with Gasteiger partial charge in [-0.2, -0.15) is 5.10 Å². The average molecular weight is 255 g/mol. The van der Waals surface area contributed by atoms with Crippen LogP contribution in [0.1, 0.15) is 5.69 Å². The first kappa shape index (κ1) is 9.40. The van der Waals surface area contributed by atoms with Crippen LogP contribution in [0.25, 0.3) is 5.69 Å². The van der Waals surface area contributed by atoms with E-state index in [4.69, 9.17) is 0 Å².